The maximum absolute atomic E-state index is 13.6. The minimum absolute atomic E-state index is 0.104. The number of carbonyl (C=O) groups is 5. The van der Waals surface area contributed by atoms with Crippen molar-refractivity contribution < 1.29 is 29.1 Å². The molecular formula is C25H38N8O6. The van der Waals surface area contributed by atoms with Crippen LogP contribution >= 0.6 is 0 Å². The second-order valence-corrected chi connectivity index (χ2v) is 9.40. The Morgan fingerprint density at radius 3 is 2.33 bits per heavy atom. The first kappa shape index (κ1) is 31.0. The third-order valence-corrected chi connectivity index (χ3v) is 6.33. The lowest BCUT2D eigenvalue weighted by Crippen LogP contribution is -2.57. The summed E-state index contributed by atoms with van der Waals surface area (Å²) in [6.07, 6.45) is 1.21. The first-order chi connectivity index (χ1) is 18.5. The second-order valence-electron chi connectivity index (χ2n) is 9.40. The van der Waals surface area contributed by atoms with Gasteiger partial charge in [0.1, 0.15) is 18.1 Å². The summed E-state index contributed by atoms with van der Waals surface area (Å²) in [5.41, 5.74) is 22.8. The van der Waals surface area contributed by atoms with Crippen molar-refractivity contribution in [2.24, 2.45) is 27.9 Å². The van der Waals surface area contributed by atoms with Gasteiger partial charge in [-0.05, 0) is 44.1 Å². The number of benzene rings is 1. The molecule has 1 aliphatic rings. The van der Waals surface area contributed by atoms with Gasteiger partial charge in [0, 0.05) is 19.5 Å². The number of likely N-dealkylation sites (tertiary alicyclic amines) is 1. The van der Waals surface area contributed by atoms with E-state index in [4.69, 9.17) is 22.9 Å². The van der Waals surface area contributed by atoms with Gasteiger partial charge in [0.15, 0.2) is 5.96 Å². The molecule has 0 saturated carbocycles. The lowest BCUT2D eigenvalue weighted by atomic mass is 10.0. The van der Waals surface area contributed by atoms with E-state index >= 15 is 0 Å². The first-order valence-electron chi connectivity index (χ1n) is 12.8. The third-order valence-electron chi connectivity index (χ3n) is 6.33. The van der Waals surface area contributed by atoms with Gasteiger partial charge in [-0.2, -0.15) is 0 Å². The van der Waals surface area contributed by atoms with Gasteiger partial charge in [-0.3, -0.25) is 24.2 Å². The van der Waals surface area contributed by atoms with Crippen LogP contribution in [0.25, 0.3) is 0 Å². The number of carboxylic acid groups (broad SMARTS) is 1. The predicted molar refractivity (Wildman–Crippen MR) is 143 cm³/mol. The van der Waals surface area contributed by atoms with Crippen LogP contribution < -0.4 is 33.6 Å². The van der Waals surface area contributed by atoms with Crippen molar-refractivity contribution in [1.29, 1.82) is 0 Å². The van der Waals surface area contributed by atoms with Gasteiger partial charge in [0.2, 0.25) is 23.6 Å². The molecule has 4 atom stereocenters. The molecule has 1 aromatic rings. The number of nitrogens with one attached hydrogen (secondary N) is 2. The van der Waals surface area contributed by atoms with Gasteiger partial charge in [0.25, 0.3) is 0 Å². The van der Waals surface area contributed by atoms with Gasteiger partial charge in [-0.1, -0.05) is 30.3 Å². The van der Waals surface area contributed by atoms with E-state index in [1.165, 1.54) is 4.90 Å². The van der Waals surface area contributed by atoms with E-state index in [2.05, 4.69) is 15.6 Å². The van der Waals surface area contributed by atoms with Crippen molar-refractivity contribution in [3.63, 3.8) is 0 Å². The molecule has 1 aromatic carbocycles. The van der Waals surface area contributed by atoms with E-state index in [1.807, 2.05) is 30.3 Å². The fraction of sp³-hybridized carbons (Fsp3) is 0.520. The molecule has 4 amide bonds. The molecule has 0 aromatic heterocycles. The molecule has 0 bridgehead atoms. The minimum atomic E-state index is -1.34. The molecule has 1 heterocycles. The Kier molecular flexibility index (Phi) is 12.1. The Hall–Kier alpha value is -4.20. The average Bonchev–Trinajstić information content (AvgIpc) is 3.38. The zero-order valence-electron chi connectivity index (χ0n) is 21.8. The summed E-state index contributed by atoms with van der Waals surface area (Å²) in [6.45, 7) is 0.467. The molecule has 1 fully saturated rings. The normalized spacial score (nSPS) is 16.9. The average molecular weight is 547 g/mol. The summed E-state index contributed by atoms with van der Waals surface area (Å²) >= 11 is 0. The van der Waals surface area contributed by atoms with Gasteiger partial charge in [0.05, 0.1) is 6.04 Å². The van der Waals surface area contributed by atoms with E-state index in [0.29, 0.717) is 19.3 Å². The van der Waals surface area contributed by atoms with Crippen molar-refractivity contribution >= 4 is 35.6 Å². The predicted octanol–water partition coefficient (Wildman–Crippen LogP) is -2.08. The molecule has 0 radical (unpaired) electrons. The topological polar surface area (TPSA) is 249 Å². The number of carbonyl (C=O) groups excluding carboxylic acids is 4. The largest absolute Gasteiger partial charge is 0.480 e. The highest BCUT2D eigenvalue weighted by molar-refractivity contribution is 5.94. The van der Waals surface area contributed by atoms with Gasteiger partial charge in [-0.15, -0.1) is 0 Å². The molecule has 1 saturated heterocycles. The Labute approximate surface area is 226 Å². The molecule has 39 heavy (non-hydrogen) atoms. The number of nitrogens with two attached hydrogens (primary N) is 4. The summed E-state index contributed by atoms with van der Waals surface area (Å²) < 4.78 is 0. The number of primary amides is 1. The SMILES string of the molecule is NC(=O)CC[C@H](NC(=O)[C@@H]1CCCN1C(=O)[C@H](CCCN=C(N)N)NC(=O)[C@@H](N)Cc1ccccc1)C(=O)O. The Bertz CT molecular complexity index is 1050. The van der Waals surface area contributed by atoms with Crippen LogP contribution in [-0.4, -0.2) is 82.8 Å². The highest BCUT2D eigenvalue weighted by Crippen LogP contribution is 2.20. The molecular weight excluding hydrogens is 508 g/mol. The summed E-state index contributed by atoms with van der Waals surface area (Å²) in [7, 11) is 0. The Morgan fingerprint density at radius 2 is 1.72 bits per heavy atom. The number of amides is 4. The number of rotatable bonds is 15. The van der Waals surface area contributed by atoms with E-state index in [0.717, 1.165) is 5.56 Å². The monoisotopic (exact) mass is 546 g/mol. The molecule has 0 spiro atoms. The van der Waals surface area contributed by atoms with Crippen molar-refractivity contribution in [2.75, 3.05) is 13.1 Å². The highest BCUT2D eigenvalue weighted by atomic mass is 16.4. The van der Waals surface area contributed by atoms with E-state index in [9.17, 15) is 29.1 Å². The minimum Gasteiger partial charge on any atom is -0.480 e. The lowest BCUT2D eigenvalue weighted by molar-refractivity contribution is -0.145. The Morgan fingerprint density at radius 1 is 1.03 bits per heavy atom. The van der Waals surface area contributed by atoms with Crippen molar-refractivity contribution in [3.05, 3.63) is 35.9 Å². The van der Waals surface area contributed by atoms with Crippen molar-refractivity contribution in [3.8, 4) is 0 Å². The van der Waals surface area contributed by atoms with Crippen LogP contribution in [-0.2, 0) is 30.4 Å². The maximum Gasteiger partial charge on any atom is 0.326 e. The van der Waals surface area contributed by atoms with Crippen LogP contribution in [0.5, 0.6) is 0 Å². The second kappa shape index (κ2) is 15.3. The molecule has 1 aliphatic heterocycles. The zero-order chi connectivity index (χ0) is 28.9. The van der Waals surface area contributed by atoms with Gasteiger partial charge in [-0.25, -0.2) is 4.79 Å². The number of guanidine groups is 1. The number of hydrogen-bond acceptors (Lipinski definition) is 7. The zero-order valence-corrected chi connectivity index (χ0v) is 21.8. The fourth-order valence-corrected chi connectivity index (χ4v) is 4.32. The summed E-state index contributed by atoms with van der Waals surface area (Å²) in [5, 5.41) is 14.5. The van der Waals surface area contributed by atoms with E-state index < -0.39 is 53.8 Å². The summed E-state index contributed by atoms with van der Waals surface area (Å²) in [4.78, 5) is 67.3. The maximum atomic E-state index is 13.6. The Balaban J connectivity index is 2.13. The standard InChI is InChI=1S/C25H38N8O6/c26-16(14-15-6-2-1-3-7-15)21(35)31-17(8-4-12-30-25(28)29)23(37)33-13-5-9-19(33)22(36)32-18(24(38)39)10-11-20(27)34/h1-3,6-7,16-19H,4-5,8-14,26H2,(H2,27,34)(H,31,35)(H,32,36)(H,38,39)(H4,28,29,30)/t16-,17-,18-,19-/m0/s1. The molecule has 14 nitrogen and oxygen atoms in total. The van der Waals surface area contributed by atoms with Crippen molar-refractivity contribution in [1.82, 2.24) is 15.5 Å². The van der Waals surface area contributed by atoms with E-state index in [-0.39, 0.29) is 44.7 Å². The smallest absolute Gasteiger partial charge is 0.326 e. The van der Waals surface area contributed by atoms with Crippen LogP contribution in [0.4, 0.5) is 0 Å². The number of carboxylic acids is 1. The van der Waals surface area contributed by atoms with Crippen LogP contribution in [0.15, 0.2) is 35.3 Å². The molecule has 14 heteroatoms. The summed E-state index contributed by atoms with van der Waals surface area (Å²) in [6, 6.07) is 4.98. The lowest BCUT2D eigenvalue weighted by Gasteiger charge is -2.30. The fourth-order valence-electron chi connectivity index (χ4n) is 4.32. The van der Waals surface area contributed by atoms with Gasteiger partial charge < -0.3 is 43.6 Å². The number of aliphatic imine (C=N–C) groups is 1. The van der Waals surface area contributed by atoms with Crippen LogP contribution in [0, 0.1) is 0 Å². The third kappa shape index (κ3) is 10.2. The van der Waals surface area contributed by atoms with Gasteiger partial charge >= 0.3 is 5.97 Å². The molecule has 214 valence electrons. The van der Waals surface area contributed by atoms with E-state index in [1.54, 1.807) is 0 Å². The van der Waals surface area contributed by atoms with Crippen LogP contribution in [0.2, 0.25) is 0 Å². The van der Waals surface area contributed by atoms with Crippen LogP contribution in [0.3, 0.4) is 0 Å². The first-order valence-corrected chi connectivity index (χ1v) is 12.8. The molecule has 2 rings (SSSR count). The highest BCUT2D eigenvalue weighted by Gasteiger charge is 2.39. The molecule has 0 aliphatic carbocycles. The number of aliphatic carboxylic acids is 1. The quantitative estimate of drug-likeness (QED) is 0.0723. The summed E-state index contributed by atoms with van der Waals surface area (Å²) in [5.74, 6) is -3.81. The number of nitrogens with zero attached hydrogens (tertiary/aromatic N) is 2. The van der Waals surface area contributed by atoms with Crippen LogP contribution in [0.1, 0.15) is 44.1 Å². The molecule has 11 N–H and O–H groups in total. The van der Waals surface area contributed by atoms with Crippen molar-refractivity contribution in [2.45, 2.75) is 69.1 Å². The molecule has 0 unspecified atom stereocenters. The number of hydrogen-bond donors (Lipinski definition) is 7.